The first-order valence-electron chi connectivity index (χ1n) is 7.98. The molecule has 0 spiro atoms. The molecule has 0 heterocycles. The number of halogens is 1. The summed E-state index contributed by atoms with van der Waals surface area (Å²) < 4.78 is 5.60. The molecule has 2 rings (SSSR count). The second kappa shape index (κ2) is 8.60. The third-order valence-corrected chi connectivity index (χ3v) is 3.84. The van der Waals surface area contributed by atoms with Gasteiger partial charge in [0.05, 0.1) is 18.0 Å². The summed E-state index contributed by atoms with van der Waals surface area (Å²) in [6.45, 7) is 2.56. The lowest BCUT2D eigenvalue weighted by Gasteiger charge is -2.18. The van der Waals surface area contributed by atoms with Crippen molar-refractivity contribution in [1.82, 2.24) is 0 Å². The number of carbonyl (C=O) groups is 1. The van der Waals surface area contributed by atoms with Crippen LogP contribution in [-0.2, 0) is 11.2 Å². The van der Waals surface area contributed by atoms with Crippen LogP contribution >= 0.6 is 11.6 Å². The molecule has 0 aliphatic rings. The molecular formula is C19H23ClN2O2. The molecule has 0 aliphatic carbocycles. The first-order valence-corrected chi connectivity index (χ1v) is 8.36. The second-order valence-electron chi connectivity index (χ2n) is 5.64. The van der Waals surface area contributed by atoms with Gasteiger partial charge >= 0.3 is 0 Å². The third-order valence-electron chi connectivity index (χ3n) is 3.61. The van der Waals surface area contributed by atoms with Gasteiger partial charge in [0.2, 0.25) is 5.91 Å². The van der Waals surface area contributed by atoms with Gasteiger partial charge < -0.3 is 15.0 Å². The number of rotatable bonds is 7. The Balaban J connectivity index is 2.03. The molecule has 0 bridgehead atoms. The Morgan fingerprint density at radius 3 is 2.67 bits per heavy atom. The fourth-order valence-electron chi connectivity index (χ4n) is 2.47. The van der Waals surface area contributed by atoms with Gasteiger partial charge in [-0.3, -0.25) is 4.79 Å². The van der Waals surface area contributed by atoms with E-state index in [1.54, 1.807) is 6.07 Å². The van der Waals surface area contributed by atoms with Gasteiger partial charge in [-0.15, -0.1) is 0 Å². The summed E-state index contributed by atoms with van der Waals surface area (Å²) in [6.07, 6.45) is 1.00. The SMILES string of the molecule is CCOc1ccccc1CCC(=O)Nc1cc(Cl)ccc1N(C)C. The number of benzene rings is 2. The molecule has 0 saturated carbocycles. The van der Waals surface area contributed by atoms with Crippen LogP contribution in [0, 0.1) is 0 Å². The van der Waals surface area contributed by atoms with Crippen molar-refractivity contribution in [3.05, 3.63) is 53.1 Å². The minimum Gasteiger partial charge on any atom is -0.494 e. The summed E-state index contributed by atoms with van der Waals surface area (Å²) in [5.74, 6) is 0.788. The number of aryl methyl sites for hydroxylation is 1. The molecular weight excluding hydrogens is 324 g/mol. The predicted octanol–water partition coefficient (Wildman–Crippen LogP) is 4.38. The number of carbonyl (C=O) groups excluding carboxylic acids is 1. The van der Waals surface area contributed by atoms with Gasteiger partial charge in [0.15, 0.2) is 0 Å². The van der Waals surface area contributed by atoms with E-state index in [0.29, 0.717) is 24.5 Å². The summed E-state index contributed by atoms with van der Waals surface area (Å²) in [6, 6.07) is 13.3. The standard InChI is InChI=1S/C19H23ClN2O2/c1-4-24-18-8-6-5-7-14(18)9-12-19(23)21-16-13-15(20)10-11-17(16)22(2)3/h5-8,10-11,13H,4,9,12H2,1-3H3,(H,21,23). The zero-order chi connectivity index (χ0) is 17.5. The lowest BCUT2D eigenvalue weighted by atomic mass is 10.1. The number of anilines is 2. The van der Waals surface area contributed by atoms with Crippen LogP contribution in [0.5, 0.6) is 5.75 Å². The van der Waals surface area contributed by atoms with Gasteiger partial charge in [0.25, 0.3) is 0 Å². The topological polar surface area (TPSA) is 41.6 Å². The molecule has 24 heavy (non-hydrogen) atoms. The van der Waals surface area contributed by atoms with E-state index in [-0.39, 0.29) is 5.91 Å². The van der Waals surface area contributed by atoms with E-state index in [1.165, 1.54) is 0 Å². The van der Waals surface area contributed by atoms with E-state index < -0.39 is 0 Å². The molecule has 0 fully saturated rings. The van der Waals surface area contributed by atoms with Crippen molar-refractivity contribution in [1.29, 1.82) is 0 Å². The van der Waals surface area contributed by atoms with Crippen molar-refractivity contribution >= 4 is 28.9 Å². The van der Waals surface area contributed by atoms with Crippen LogP contribution < -0.4 is 15.0 Å². The highest BCUT2D eigenvalue weighted by molar-refractivity contribution is 6.31. The smallest absolute Gasteiger partial charge is 0.224 e. The summed E-state index contributed by atoms with van der Waals surface area (Å²) in [5.41, 5.74) is 2.67. The van der Waals surface area contributed by atoms with Gasteiger partial charge in [-0.1, -0.05) is 29.8 Å². The normalized spacial score (nSPS) is 10.3. The molecule has 128 valence electrons. The fourth-order valence-corrected chi connectivity index (χ4v) is 2.64. The van der Waals surface area contributed by atoms with Gasteiger partial charge in [0, 0.05) is 25.5 Å². The lowest BCUT2D eigenvalue weighted by molar-refractivity contribution is -0.116. The Labute approximate surface area is 148 Å². The van der Waals surface area contributed by atoms with E-state index >= 15 is 0 Å². The molecule has 0 aliphatic heterocycles. The van der Waals surface area contributed by atoms with Crippen molar-refractivity contribution < 1.29 is 9.53 Å². The molecule has 0 saturated heterocycles. The summed E-state index contributed by atoms with van der Waals surface area (Å²) in [5, 5.41) is 3.54. The summed E-state index contributed by atoms with van der Waals surface area (Å²) in [4.78, 5) is 14.3. The predicted molar refractivity (Wildman–Crippen MR) is 100 cm³/mol. The van der Waals surface area contributed by atoms with E-state index in [0.717, 1.165) is 22.7 Å². The van der Waals surface area contributed by atoms with E-state index in [1.807, 2.05) is 62.3 Å². The van der Waals surface area contributed by atoms with Crippen LogP contribution in [0.1, 0.15) is 18.9 Å². The van der Waals surface area contributed by atoms with Crippen LogP contribution in [-0.4, -0.2) is 26.6 Å². The Morgan fingerprint density at radius 2 is 1.96 bits per heavy atom. The molecule has 2 aromatic rings. The van der Waals surface area contributed by atoms with Crippen LogP contribution in [0.4, 0.5) is 11.4 Å². The van der Waals surface area contributed by atoms with Crippen LogP contribution in [0.15, 0.2) is 42.5 Å². The quantitative estimate of drug-likeness (QED) is 0.809. The van der Waals surface area contributed by atoms with E-state index in [9.17, 15) is 4.79 Å². The van der Waals surface area contributed by atoms with Gasteiger partial charge in [0.1, 0.15) is 5.75 Å². The highest BCUT2D eigenvalue weighted by atomic mass is 35.5. The average Bonchev–Trinajstić information content (AvgIpc) is 2.54. The van der Waals surface area contributed by atoms with E-state index in [2.05, 4.69) is 5.32 Å². The monoisotopic (exact) mass is 346 g/mol. The minimum absolute atomic E-state index is 0.0494. The maximum Gasteiger partial charge on any atom is 0.224 e. The van der Waals surface area contributed by atoms with Crippen molar-refractivity contribution in [3.8, 4) is 5.75 Å². The molecule has 5 heteroatoms. The minimum atomic E-state index is -0.0494. The van der Waals surface area contributed by atoms with Crippen LogP contribution in [0.25, 0.3) is 0 Å². The van der Waals surface area contributed by atoms with Crippen molar-refractivity contribution in [2.24, 2.45) is 0 Å². The number of ether oxygens (including phenoxy) is 1. The number of para-hydroxylation sites is 1. The molecule has 1 amide bonds. The summed E-state index contributed by atoms with van der Waals surface area (Å²) >= 11 is 6.05. The Morgan fingerprint density at radius 1 is 1.21 bits per heavy atom. The molecule has 4 nitrogen and oxygen atoms in total. The summed E-state index contributed by atoms with van der Waals surface area (Å²) in [7, 11) is 3.86. The Kier molecular flexibility index (Phi) is 6.50. The number of hydrogen-bond acceptors (Lipinski definition) is 3. The first kappa shape index (κ1) is 18.1. The Hall–Kier alpha value is -2.20. The number of amides is 1. The maximum absolute atomic E-state index is 12.3. The lowest BCUT2D eigenvalue weighted by Crippen LogP contribution is -2.17. The molecule has 0 radical (unpaired) electrons. The van der Waals surface area contributed by atoms with Gasteiger partial charge in [-0.25, -0.2) is 0 Å². The number of hydrogen-bond donors (Lipinski definition) is 1. The zero-order valence-corrected chi connectivity index (χ0v) is 15.1. The largest absolute Gasteiger partial charge is 0.494 e. The highest BCUT2D eigenvalue weighted by Crippen LogP contribution is 2.28. The molecule has 0 aromatic heterocycles. The third kappa shape index (κ3) is 4.90. The second-order valence-corrected chi connectivity index (χ2v) is 6.08. The van der Waals surface area contributed by atoms with E-state index in [4.69, 9.17) is 16.3 Å². The molecule has 2 aromatic carbocycles. The number of nitrogens with one attached hydrogen (secondary N) is 1. The van der Waals surface area contributed by atoms with Crippen molar-refractivity contribution in [3.63, 3.8) is 0 Å². The van der Waals surface area contributed by atoms with Gasteiger partial charge in [-0.05, 0) is 43.2 Å². The van der Waals surface area contributed by atoms with Crippen molar-refractivity contribution in [2.45, 2.75) is 19.8 Å². The highest BCUT2D eigenvalue weighted by Gasteiger charge is 2.11. The van der Waals surface area contributed by atoms with Crippen LogP contribution in [0.3, 0.4) is 0 Å². The molecule has 0 unspecified atom stereocenters. The van der Waals surface area contributed by atoms with Crippen LogP contribution in [0.2, 0.25) is 5.02 Å². The average molecular weight is 347 g/mol. The maximum atomic E-state index is 12.3. The van der Waals surface area contributed by atoms with Crippen molar-refractivity contribution in [2.75, 3.05) is 30.9 Å². The first-order chi connectivity index (χ1) is 11.5. The fraction of sp³-hybridized carbons (Fsp3) is 0.316. The van der Waals surface area contributed by atoms with Gasteiger partial charge in [-0.2, -0.15) is 0 Å². The zero-order valence-electron chi connectivity index (χ0n) is 14.3. The molecule has 0 atom stereocenters. The Bertz CT molecular complexity index is 702. The number of nitrogens with zero attached hydrogens (tertiary/aromatic N) is 1. The molecule has 1 N–H and O–H groups in total.